The topological polar surface area (TPSA) is 41.0 Å². The minimum Gasteiger partial charge on any atom is -0.457 e. The first-order chi connectivity index (χ1) is 31.2. The van der Waals surface area contributed by atoms with Crippen LogP contribution < -0.4 is 14.5 Å². The Morgan fingerprint density at radius 3 is 2.00 bits per heavy atom. The zero-order valence-corrected chi connectivity index (χ0v) is 43.8. The molecule has 5 nitrogen and oxygen atoms in total. The average molecular weight is 891 g/mol. The highest BCUT2D eigenvalue weighted by molar-refractivity contribution is 6.14. The average Bonchev–Trinajstić information content (AvgIpc) is 3.58. The van der Waals surface area contributed by atoms with E-state index in [2.05, 4.69) is 225 Å². The molecular formula is C62H74N4O. The van der Waals surface area contributed by atoms with E-state index in [0.29, 0.717) is 11.8 Å². The number of benzene rings is 5. The summed E-state index contributed by atoms with van der Waals surface area (Å²) in [5.74, 6) is 4.16. The van der Waals surface area contributed by atoms with Crippen LogP contribution in [-0.2, 0) is 28.2 Å². The van der Waals surface area contributed by atoms with Crippen LogP contribution in [-0.4, -0.2) is 16.4 Å². The molecule has 3 heterocycles. The second-order valence-electron chi connectivity index (χ2n) is 23.8. The van der Waals surface area contributed by atoms with Gasteiger partial charge in [0.05, 0.1) is 28.1 Å². The van der Waals surface area contributed by atoms with Gasteiger partial charge in [-0.2, -0.15) is 0 Å². The van der Waals surface area contributed by atoms with Crippen molar-refractivity contribution < 1.29 is 4.74 Å². The Bertz CT molecular complexity index is 3010. The molecule has 2 aliphatic heterocycles. The SMILES string of the molecule is Cc1cc(Oc2cc(C3=N[C@]4(C)Cc5cc(C)c(C)cc5[C@]4(C)N3c3c(C(C)C)ccc(C)c3C(C)C)cc(C(C)(C)C)c2)cc(N2c3ccc(C(C)(C)C)cc3C(C)(C)c3cccnc32)c1. The summed E-state index contributed by atoms with van der Waals surface area (Å²) in [6.07, 6.45) is 2.79. The summed E-state index contributed by atoms with van der Waals surface area (Å²) >= 11 is 0. The number of aromatic nitrogens is 1. The van der Waals surface area contributed by atoms with Crippen molar-refractivity contribution in [2.75, 3.05) is 9.80 Å². The van der Waals surface area contributed by atoms with Crippen molar-refractivity contribution in [3.63, 3.8) is 0 Å². The Labute approximate surface area is 402 Å². The maximum Gasteiger partial charge on any atom is 0.141 e. The van der Waals surface area contributed by atoms with Crippen molar-refractivity contribution in [1.29, 1.82) is 0 Å². The third kappa shape index (κ3) is 7.42. The number of aliphatic imine (C=N–C) groups is 1. The molecule has 67 heavy (non-hydrogen) atoms. The fourth-order valence-corrected chi connectivity index (χ4v) is 11.6. The molecule has 0 saturated heterocycles. The monoisotopic (exact) mass is 891 g/mol. The molecule has 1 aliphatic carbocycles. The first-order valence-electron chi connectivity index (χ1n) is 24.7. The van der Waals surface area contributed by atoms with Gasteiger partial charge in [-0.05, 0) is 168 Å². The molecule has 9 rings (SSSR count). The van der Waals surface area contributed by atoms with Crippen LogP contribution in [0.15, 0.2) is 102 Å². The van der Waals surface area contributed by atoms with Crippen molar-refractivity contribution in [3.05, 3.63) is 170 Å². The van der Waals surface area contributed by atoms with E-state index in [1.807, 2.05) is 6.20 Å². The number of hydrogen-bond acceptors (Lipinski definition) is 5. The fourth-order valence-electron chi connectivity index (χ4n) is 11.6. The normalized spacial score (nSPS) is 19.7. The molecule has 0 fully saturated rings. The third-order valence-corrected chi connectivity index (χ3v) is 15.7. The highest BCUT2D eigenvalue weighted by atomic mass is 16.5. The van der Waals surface area contributed by atoms with Gasteiger partial charge in [0.2, 0.25) is 0 Å². The maximum atomic E-state index is 7.20. The minimum absolute atomic E-state index is 0.0153. The Hall–Kier alpha value is -5.68. The lowest BCUT2D eigenvalue weighted by molar-refractivity contribution is 0.321. The summed E-state index contributed by atoms with van der Waals surface area (Å²) < 4.78 is 7.20. The molecular weight excluding hydrogens is 817 g/mol. The van der Waals surface area contributed by atoms with Gasteiger partial charge in [0, 0.05) is 35.2 Å². The number of amidine groups is 1. The Morgan fingerprint density at radius 2 is 1.33 bits per heavy atom. The van der Waals surface area contributed by atoms with Crippen molar-refractivity contribution >= 4 is 28.7 Å². The summed E-state index contributed by atoms with van der Waals surface area (Å²) in [7, 11) is 0. The fraction of sp³-hybridized carbons (Fsp3) is 0.419. The molecule has 1 aromatic heterocycles. The van der Waals surface area contributed by atoms with Crippen LogP contribution in [0.3, 0.4) is 0 Å². The molecule has 2 atom stereocenters. The number of fused-ring (bicyclic) bond motifs is 5. The van der Waals surface area contributed by atoms with Gasteiger partial charge in [-0.1, -0.05) is 126 Å². The van der Waals surface area contributed by atoms with Crippen molar-refractivity contribution in [2.45, 2.75) is 170 Å². The van der Waals surface area contributed by atoms with Gasteiger partial charge in [-0.3, -0.25) is 9.89 Å². The maximum absolute atomic E-state index is 7.20. The van der Waals surface area contributed by atoms with Gasteiger partial charge < -0.3 is 9.64 Å². The first-order valence-corrected chi connectivity index (χ1v) is 24.7. The lowest BCUT2D eigenvalue weighted by Crippen LogP contribution is -2.52. The van der Waals surface area contributed by atoms with Crippen LogP contribution in [0.4, 0.5) is 22.9 Å². The van der Waals surface area contributed by atoms with E-state index in [1.54, 1.807) is 0 Å². The molecule has 348 valence electrons. The number of nitrogens with zero attached hydrogens (tertiary/aromatic N) is 4. The summed E-state index contributed by atoms with van der Waals surface area (Å²) in [6.45, 7) is 41.6. The highest BCUT2D eigenvalue weighted by Crippen LogP contribution is 2.59. The number of ether oxygens (including phenoxy) is 1. The van der Waals surface area contributed by atoms with Crippen molar-refractivity contribution in [2.24, 2.45) is 4.99 Å². The first kappa shape index (κ1) is 46.4. The second-order valence-corrected chi connectivity index (χ2v) is 23.8. The molecule has 0 radical (unpaired) electrons. The van der Waals surface area contributed by atoms with Gasteiger partial charge in [-0.15, -0.1) is 0 Å². The molecule has 3 aliphatic rings. The van der Waals surface area contributed by atoms with E-state index in [0.717, 1.165) is 52.1 Å². The summed E-state index contributed by atoms with van der Waals surface area (Å²) in [5.41, 5.74) is 18.9. The Morgan fingerprint density at radius 1 is 0.642 bits per heavy atom. The molecule has 0 amide bonds. The number of hydrogen-bond donors (Lipinski definition) is 0. The van der Waals surface area contributed by atoms with E-state index < -0.39 is 11.1 Å². The van der Waals surface area contributed by atoms with E-state index in [4.69, 9.17) is 14.7 Å². The molecule has 0 unspecified atom stereocenters. The third-order valence-electron chi connectivity index (χ3n) is 15.7. The zero-order chi connectivity index (χ0) is 48.5. The molecule has 0 N–H and O–H groups in total. The van der Waals surface area contributed by atoms with E-state index in [9.17, 15) is 0 Å². The van der Waals surface area contributed by atoms with Gasteiger partial charge in [0.15, 0.2) is 0 Å². The van der Waals surface area contributed by atoms with Crippen molar-refractivity contribution in [3.8, 4) is 11.5 Å². The molecule has 5 aromatic carbocycles. The van der Waals surface area contributed by atoms with Crippen LogP contribution in [0.1, 0.15) is 181 Å². The van der Waals surface area contributed by atoms with Crippen LogP contribution in [0.5, 0.6) is 11.5 Å². The summed E-state index contributed by atoms with van der Waals surface area (Å²) in [4.78, 5) is 16.1. The number of pyridine rings is 1. The highest BCUT2D eigenvalue weighted by Gasteiger charge is 2.62. The number of rotatable bonds is 7. The molecule has 0 bridgehead atoms. The van der Waals surface area contributed by atoms with Gasteiger partial charge in [0.1, 0.15) is 23.2 Å². The smallest absolute Gasteiger partial charge is 0.141 e. The number of aryl methyl sites for hydroxylation is 4. The Kier molecular flexibility index (Phi) is 10.9. The molecule has 0 saturated carbocycles. The Balaban J connectivity index is 1.23. The quantitative estimate of drug-likeness (QED) is 0.160. The van der Waals surface area contributed by atoms with Crippen LogP contribution >= 0.6 is 0 Å². The van der Waals surface area contributed by atoms with Crippen LogP contribution in [0.25, 0.3) is 0 Å². The molecule has 5 heteroatoms. The predicted molar refractivity (Wildman–Crippen MR) is 283 cm³/mol. The zero-order valence-electron chi connectivity index (χ0n) is 43.8. The molecule has 0 spiro atoms. The van der Waals surface area contributed by atoms with Gasteiger partial charge in [-0.25, -0.2) is 4.98 Å². The van der Waals surface area contributed by atoms with E-state index in [1.165, 1.54) is 66.9 Å². The van der Waals surface area contributed by atoms with Crippen LogP contribution in [0, 0.1) is 27.7 Å². The van der Waals surface area contributed by atoms with Gasteiger partial charge in [0.25, 0.3) is 0 Å². The van der Waals surface area contributed by atoms with Crippen LogP contribution in [0.2, 0.25) is 0 Å². The van der Waals surface area contributed by atoms with Crippen molar-refractivity contribution in [1.82, 2.24) is 4.98 Å². The lowest BCUT2D eigenvalue weighted by Gasteiger charge is -2.45. The lowest BCUT2D eigenvalue weighted by atomic mass is 9.72. The summed E-state index contributed by atoms with van der Waals surface area (Å²) in [6, 6.07) is 34.4. The molecule has 6 aromatic rings. The van der Waals surface area contributed by atoms with E-state index >= 15 is 0 Å². The largest absolute Gasteiger partial charge is 0.457 e. The van der Waals surface area contributed by atoms with E-state index in [-0.39, 0.29) is 16.2 Å². The standard InChI is InChI=1S/C62H74N4O/c1-36(2)49-23-21-39(6)54(37(3)4)55(49)66-56(64-61(17)35-43-28-40(7)41(8)29-51(43)62(61,66)18)42-30-45(59(12,13)14)32-48(31-42)67-47-27-38(5)26-46(34-47)65-53-24-22-44(58(9,10)11)33-52(53)60(15,16)50-20-19-25-63-57(50)65/h19-34,36-37H,35H2,1-18H3/t61-,62+/m1/s1. The number of anilines is 4. The predicted octanol–water partition coefficient (Wildman–Crippen LogP) is 16.6. The summed E-state index contributed by atoms with van der Waals surface area (Å²) in [5, 5.41) is 0. The second kappa shape index (κ2) is 15.7. The minimum atomic E-state index is -0.446. The van der Waals surface area contributed by atoms with Gasteiger partial charge >= 0.3 is 0 Å².